The van der Waals surface area contributed by atoms with Gasteiger partial charge in [0.15, 0.2) is 0 Å². The first-order valence-corrected chi connectivity index (χ1v) is 11.7. The highest BCUT2D eigenvalue weighted by Gasteiger charge is 2.08. The number of esters is 1. The Kier molecular flexibility index (Phi) is 14.4. The van der Waals surface area contributed by atoms with E-state index in [1.165, 1.54) is 70.6 Å². The van der Waals surface area contributed by atoms with Gasteiger partial charge in [0.1, 0.15) is 11.5 Å². The maximum absolute atomic E-state index is 12.0. The molecule has 160 valence electrons. The zero-order valence-electron chi connectivity index (χ0n) is 18.3. The number of unbranched alkanes of at least 4 members (excludes halogenated alkanes) is 12. The minimum atomic E-state index is -0.170. The summed E-state index contributed by atoms with van der Waals surface area (Å²) in [6, 6.07) is 5.05. The van der Waals surface area contributed by atoms with E-state index >= 15 is 0 Å². The Morgan fingerprint density at radius 3 is 1.86 bits per heavy atom. The zero-order chi connectivity index (χ0) is 20.5. The Hall–Kier alpha value is -1.51. The summed E-state index contributed by atoms with van der Waals surface area (Å²) in [5.74, 6) is 0.648. The standard InChI is InChI=1S/C25H42O3/c1-3-5-6-7-8-9-10-11-12-13-14-15-16-18-25(27)28-23-19-20-24(26)22(21-23)17-4-2/h19-21,26H,3-18H2,1-2H3. The lowest BCUT2D eigenvalue weighted by Gasteiger charge is -2.08. The monoisotopic (exact) mass is 390 g/mol. The fraction of sp³-hybridized carbons (Fsp3) is 0.720. The predicted molar refractivity (Wildman–Crippen MR) is 118 cm³/mol. The van der Waals surface area contributed by atoms with Crippen LogP contribution in [0.3, 0.4) is 0 Å². The molecule has 0 saturated heterocycles. The quantitative estimate of drug-likeness (QED) is 0.168. The molecule has 0 fully saturated rings. The third kappa shape index (κ3) is 12.0. The molecule has 0 aliphatic rings. The molecule has 1 aromatic rings. The van der Waals surface area contributed by atoms with E-state index in [2.05, 4.69) is 13.8 Å². The van der Waals surface area contributed by atoms with Crippen molar-refractivity contribution < 1.29 is 14.6 Å². The van der Waals surface area contributed by atoms with Crippen LogP contribution in [-0.2, 0) is 11.2 Å². The van der Waals surface area contributed by atoms with E-state index in [9.17, 15) is 9.90 Å². The van der Waals surface area contributed by atoms with E-state index in [0.717, 1.165) is 31.2 Å². The summed E-state index contributed by atoms with van der Waals surface area (Å²) >= 11 is 0. The molecular weight excluding hydrogens is 348 g/mol. The lowest BCUT2D eigenvalue weighted by atomic mass is 10.0. The highest BCUT2D eigenvalue weighted by Crippen LogP contribution is 2.24. The second kappa shape index (κ2) is 16.4. The van der Waals surface area contributed by atoms with Crippen LogP contribution in [0.4, 0.5) is 0 Å². The number of aryl methyl sites for hydroxylation is 1. The second-order valence-corrected chi connectivity index (χ2v) is 8.01. The lowest BCUT2D eigenvalue weighted by molar-refractivity contribution is -0.134. The van der Waals surface area contributed by atoms with Crippen molar-refractivity contribution in [1.82, 2.24) is 0 Å². The van der Waals surface area contributed by atoms with E-state index in [1.54, 1.807) is 18.2 Å². The Morgan fingerprint density at radius 2 is 1.32 bits per heavy atom. The van der Waals surface area contributed by atoms with Crippen molar-refractivity contribution in [3.05, 3.63) is 23.8 Å². The van der Waals surface area contributed by atoms with Crippen molar-refractivity contribution in [2.24, 2.45) is 0 Å². The largest absolute Gasteiger partial charge is 0.508 e. The number of rotatable bonds is 17. The first-order valence-electron chi connectivity index (χ1n) is 11.7. The third-order valence-corrected chi connectivity index (χ3v) is 5.29. The Bertz CT molecular complexity index is 525. The molecule has 3 nitrogen and oxygen atoms in total. The van der Waals surface area contributed by atoms with Crippen LogP contribution in [-0.4, -0.2) is 11.1 Å². The number of hydrogen-bond donors (Lipinski definition) is 1. The van der Waals surface area contributed by atoms with Crippen LogP contribution in [0.25, 0.3) is 0 Å². The summed E-state index contributed by atoms with van der Waals surface area (Å²) < 4.78 is 5.41. The van der Waals surface area contributed by atoms with Crippen molar-refractivity contribution in [2.45, 2.75) is 117 Å². The first kappa shape index (κ1) is 24.5. The van der Waals surface area contributed by atoms with Gasteiger partial charge in [0, 0.05) is 6.42 Å². The van der Waals surface area contributed by atoms with Crippen molar-refractivity contribution in [3.63, 3.8) is 0 Å². The summed E-state index contributed by atoms with van der Waals surface area (Å²) in [6.07, 6.45) is 19.1. The average Bonchev–Trinajstić information content (AvgIpc) is 2.68. The van der Waals surface area contributed by atoms with Crippen LogP contribution in [0, 0.1) is 0 Å². The predicted octanol–water partition coefficient (Wildman–Crippen LogP) is 7.73. The van der Waals surface area contributed by atoms with Crippen LogP contribution in [0.5, 0.6) is 11.5 Å². The van der Waals surface area contributed by atoms with Crippen molar-refractivity contribution >= 4 is 5.97 Å². The molecule has 0 radical (unpaired) electrons. The Labute approximate surface area is 172 Å². The Balaban J connectivity index is 1.99. The van der Waals surface area contributed by atoms with Gasteiger partial charge in [-0.15, -0.1) is 0 Å². The number of aromatic hydroxyl groups is 1. The van der Waals surface area contributed by atoms with Gasteiger partial charge in [0.25, 0.3) is 0 Å². The number of hydrogen-bond acceptors (Lipinski definition) is 3. The minimum absolute atomic E-state index is 0.170. The molecule has 0 aliphatic heterocycles. The SMILES string of the molecule is CCCCCCCCCCCCCCCC(=O)Oc1ccc(O)c(CCC)c1. The van der Waals surface area contributed by atoms with E-state index in [1.807, 2.05) is 0 Å². The number of ether oxygens (including phenoxy) is 1. The number of phenolic OH excluding ortho intramolecular Hbond substituents is 1. The molecule has 0 aliphatic carbocycles. The molecule has 0 heterocycles. The van der Waals surface area contributed by atoms with Gasteiger partial charge in [0.05, 0.1) is 0 Å². The van der Waals surface area contributed by atoms with Crippen LogP contribution in [0.1, 0.15) is 116 Å². The topological polar surface area (TPSA) is 46.5 Å². The molecule has 0 saturated carbocycles. The third-order valence-electron chi connectivity index (χ3n) is 5.29. The van der Waals surface area contributed by atoms with Crippen LogP contribution in [0.15, 0.2) is 18.2 Å². The van der Waals surface area contributed by atoms with Gasteiger partial charge < -0.3 is 9.84 Å². The zero-order valence-corrected chi connectivity index (χ0v) is 18.3. The first-order chi connectivity index (χ1) is 13.7. The van der Waals surface area contributed by atoms with Gasteiger partial charge in [-0.3, -0.25) is 4.79 Å². The number of benzene rings is 1. The van der Waals surface area contributed by atoms with Gasteiger partial charge in [-0.1, -0.05) is 97.3 Å². The molecule has 0 bridgehead atoms. The highest BCUT2D eigenvalue weighted by molar-refractivity contribution is 5.72. The Morgan fingerprint density at radius 1 is 0.786 bits per heavy atom. The number of carbonyl (C=O) groups excluding carboxylic acids is 1. The number of carbonyl (C=O) groups is 1. The molecular formula is C25H42O3. The molecule has 0 aromatic heterocycles. The smallest absolute Gasteiger partial charge is 0.311 e. The van der Waals surface area contributed by atoms with Crippen LogP contribution >= 0.6 is 0 Å². The molecule has 0 amide bonds. The maximum Gasteiger partial charge on any atom is 0.311 e. The highest BCUT2D eigenvalue weighted by atomic mass is 16.5. The fourth-order valence-electron chi connectivity index (χ4n) is 3.56. The summed E-state index contributed by atoms with van der Waals surface area (Å²) in [5, 5.41) is 9.80. The number of phenols is 1. The van der Waals surface area contributed by atoms with Gasteiger partial charge in [-0.2, -0.15) is 0 Å². The average molecular weight is 391 g/mol. The van der Waals surface area contributed by atoms with Crippen LogP contribution in [0.2, 0.25) is 0 Å². The van der Waals surface area contributed by atoms with Crippen LogP contribution < -0.4 is 4.74 Å². The lowest BCUT2D eigenvalue weighted by Crippen LogP contribution is -2.07. The normalized spacial score (nSPS) is 10.9. The van der Waals surface area contributed by atoms with E-state index in [-0.39, 0.29) is 11.7 Å². The molecule has 1 rings (SSSR count). The minimum Gasteiger partial charge on any atom is -0.508 e. The van der Waals surface area contributed by atoms with E-state index < -0.39 is 0 Å². The van der Waals surface area contributed by atoms with Crippen molar-refractivity contribution in [1.29, 1.82) is 0 Å². The second-order valence-electron chi connectivity index (χ2n) is 8.01. The summed E-state index contributed by atoms with van der Waals surface area (Å²) in [4.78, 5) is 12.0. The molecule has 0 spiro atoms. The fourth-order valence-corrected chi connectivity index (χ4v) is 3.56. The van der Waals surface area contributed by atoms with Gasteiger partial charge in [0.2, 0.25) is 0 Å². The molecule has 0 unspecified atom stereocenters. The summed E-state index contributed by atoms with van der Waals surface area (Å²) in [5.41, 5.74) is 0.841. The van der Waals surface area contributed by atoms with Gasteiger partial charge >= 0.3 is 5.97 Å². The molecule has 1 aromatic carbocycles. The summed E-state index contributed by atoms with van der Waals surface area (Å²) in [7, 11) is 0. The molecule has 1 N–H and O–H groups in total. The van der Waals surface area contributed by atoms with Gasteiger partial charge in [-0.05, 0) is 36.6 Å². The summed E-state index contributed by atoms with van der Waals surface area (Å²) in [6.45, 7) is 4.33. The molecule has 28 heavy (non-hydrogen) atoms. The molecule has 0 atom stereocenters. The van der Waals surface area contributed by atoms with E-state index in [4.69, 9.17) is 4.74 Å². The van der Waals surface area contributed by atoms with Crippen molar-refractivity contribution in [2.75, 3.05) is 0 Å². The molecule has 3 heteroatoms. The maximum atomic E-state index is 12.0. The van der Waals surface area contributed by atoms with E-state index in [0.29, 0.717) is 12.2 Å². The van der Waals surface area contributed by atoms with Crippen molar-refractivity contribution in [3.8, 4) is 11.5 Å². The van der Waals surface area contributed by atoms with Gasteiger partial charge in [-0.25, -0.2) is 0 Å².